The van der Waals surface area contributed by atoms with Crippen LogP contribution in [0.2, 0.25) is 5.02 Å². The molecule has 1 fully saturated rings. The van der Waals surface area contributed by atoms with Crippen molar-refractivity contribution in [2.24, 2.45) is 0 Å². The van der Waals surface area contributed by atoms with E-state index < -0.39 is 0 Å². The number of anilines is 1. The monoisotopic (exact) mass is 432 g/mol. The number of rotatable bonds is 4. The van der Waals surface area contributed by atoms with Gasteiger partial charge in [-0.2, -0.15) is 10.4 Å². The van der Waals surface area contributed by atoms with Crippen LogP contribution >= 0.6 is 11.6 Å². The quantitative estimate of drug-likeness (QED) is 0.485. The molecule has 0 unspecified atom stereocenters. The van der Waals surface area contributed by atoms with Crippen LogP contribution in [0.1, 0.15) is 12.5 Å². The van der Waals surface area contributed by atoms with E-state index in [9.17, 15) is 5.26 Å². The number of benzene rings is 1. The first-order chi connectivity index (χ1) is 15.1. The van der Waals surface area contributed by atoms with E-state index in [1.165, 1.54) is 12.5 Å². The zero-order valence-corrected chi connectivity index (χ0v) is 17.1. The summed E-state index contributed by atoms with van der Waals surface area (Å²) in [5.74, 6) is 1.45. The summed E-state index contributed by atoms with van der Waals surface area (Å²) in [6, 6.07) is 10.9. The van der Waals surface area contributed by atoms with Crippen molar-refractivity contribution in [3.63, 3.8) is 0 Å². The van der Waals surface area contributed by atoms with Gasteiger partial charge in [0.05, 0.1) is 23.0 Å². The first-order valence-electron chi connectivity index (χ1n) is 9.65. The van der Waals surface area contributed by atoms with Gasteiger partial charge in [0, 0.05) is 24.4 Å². The first-order valence-corrected chi connectivity index (χ1v) is 10.0. The summed E-state index contributed by atoms with van der Waals surface area (Å²) in [6.07, 6.45) is 5.98. The molecule has 3 aromatic heterocycles. The molecular formula is C21H17ClN8O. The number of nitriles is 1. The molecule has 1 atom stereocenters. The van der Waals surface area contributed by atoms with E-state index in [1.54, 1.807) is 17.0 Å². The number of halogens is 1. The Morgan fingerprint density at radius 1 is 1.13 bits per heavy atom. The van der Waals surface area contributed by atoms with Crippen LogP contribution in [0, 0.1) is 11.5 Å². The minimum atomic E-state index is 0.0452. The van der Waals surface area contributed by atoms with Crippen LogP contribution in [0.3, 0.4) is 0 Å². The van der Waals surface area contributed by atoms with Crippen molar-refractivity contribution in [3.05, 3.63) is 53.9 Å². The van der Waals surface area contributed by atoms with Gasteiger partial charge < -0.3 is 15.4 Å². The molecule has 154 valence electrons. The number of pyridine rings is 1. The molecule has 0 saturated carbocycles. The molecule has 10 heteroatoms. The predicted molar refractivity (Wildman–Crippen MR) is 115 cm³/mol. The van der Waals surface area contributed by atoms with E-state index in [1.807, 2.05) is 28.9 Å². The van der Waals surface area contributed by atoms with Crippen LogP contribution in [0.5, 0.6) is 11.6 Å². The Labute approximate surface area is 182 Å². The van der Waals surface area contributed by atoms with E-state index in [0.717, 1.165) is 12.0 Å². The second-order valence-corrected chi connectivity index (χ2v) is 7.62. The van der Waals surface area contributed by atoms with Gasteiger partial charge in [0.25, 0.3) is 0 Å². The molecule has 2 N–H and O–H groups in total. The fraction of sp³-hybridized carbons (Fsp3) is 0.190. The maximum absolute atomic E-state index is 9.19. The largest absolute Gasteiger partial charge is 0.439 e. The standard InChI is InChI=1S/C21H17ClN8O/c22-14-3-6-17(25-9-14)31-16-4-1-13(2-5-16)19-18-20(24)26-12-27-21(18)30(28-19)15-7-8-29(10-15)11-23/h1-6,9,12,15H,7-8,10H2,(H2,24,26,27)/t15-/m1/s1. The Hall–Kier alpha value is -3.90. The van der Waals surface area contributed by atoms with Crippen LogP contribution in [0.15, 0.2) is 48.9 Å². The van der Waals surface area contributed by atoms with Gasteiger partial charge in [-0.25, -0.2) is 19.6 Å². The van der Waals surface area contributed by atoms with E-state index in [0.29, 0.717) is 52.3 Å². The molecule has 0 radical (unpaired) electrons. The van der Waals surface area contributed by atoms with Crippen LogP contribution in [-0.4, -0.2) is 42.7 Å². The molecule has 1 aromatic carbocycles. The highest BCUT2D eigenvalue weighted by Crippen LogP contribution is 2.34. The minimum absolute atomic E-state index is 0.0452. The van der Waals surface area contributed by atoms with Gasteiger partial charge >= 0.3 is 0 Å². The van der Waals surface area contributed by atoms with Crippen LogP contribution < -0.4 is 10.5 Å². The van der Waals surface area contributed by atoms with Crippen molar-refractivity contribution in [2.75, 3.05) is 18.8 Å². The summed E-state index contributed by atoms with van der Waals surface area (Å²) in [7, 11) is 0. The maximum atomic E-state index is 9.19. The van der Waals surface area contributed by atoms with Crippen molar-refractivity contribution < 1.29 is 4.74 Å². The zero-order valence-electron chi connectivity index (χ0n) is 16.3. The van der Waals surface area contributed by atoms with Crippen molar-refractivity contribution in [2.45, 2.75) is 12.5 Å². The molecule has 4 aromatic rings. The Kier molecular flexibility index (Phi) is 4.76. The lowest BCUT2D eigenvalue weighted by Gasteiger charge is -2.11. The summed E-state index contributed by atoms with van der Waals surface area (Å²) >= 11 is 5.86. The molecular weight excluding hydrogens is 416 g/mol. The molecule has 31 heavy (non-hydrogen) atoms. The highest BCUT2D eigenvalue weighted by molar-refractivity contribution is 6.30. The Bertz CT molecular complexity index is 1280. The highest BCUT2D eigenvalue weighted by atomic mass is 35.5. The molecule has 0 aliphatic carbocycles. The topological polar surface area (TPSA) is 119 Å². The molecule has 0 spiro atoms. The second-order valence-electron chi connectivity index (χ2n) is 7.18. The van der Waals surface area contributed by atoms with Gasteiger partial charge in [0.1, 0.15) is 23.6 Å². The Balaban J connectivity index is 1.50. The van der Waals surface area contributed by atoms with Crippen LogP contribution in [0.25, 0.3) is 22.3 Å². The molecule has 1 aliphatic rings. The average Bonchev–Trinajstić information content (AvgIpc) is 3.41. The van der Waals surface area contributed by atoms with Crippen molar-refractivity contribution in [1.29, 1.82) is 5.26 Å². The van der Waals surface area contributed by atoms with Gasteiger partial charge in [-0.15, -0.1) is 0 Å². The number of aromatic nitrogens is 5. The normalized spacial score (nSPS) is 15.9. The van der Waals surface area contributed by atoms with Gasteiger partial charge in [-0.05, 0) is 36.8 Å². The van der Waals surface area contributed by atoms with E-state index in [2.05, 4.69) is 21.1 Å². The SMILES string of the molecule is N#CN1CC[C@@H](n2nc(-c3ccc(Oc4ccc(Cl)cn4)cc3)c3c(N)ncnc32)C1. The first kappa shape index (κ1) is 19.1. The molecule has 9 nitrogen and oxygen atoms in total. The molecule has 4 heterocycles. The number of nitrogens with two attached hydrogens (primary N) is 1. The summed E-state index contributed by atoms with van der Waals surface area (Å²) in [5, 5.41) is 15.3. The average molecular weight is 433 g/mol. The lowest BCUT2D eigenvalue weighted by molar-refractivity contribution is 0.433. The summed E-state index contributed by atoms with van der Waals surface area (Å²) in [6.45, 7) is 1.29. The van der Waals surface area contributed by atoms with Crippen molar-refractivity contribution >= 4 is 28.5 Å². The number of hydrogen-bond acceptors (Lipinski definition) is 8. The lowest BCUT2D eigenvalue weighted by atomic mass is 10.1. The zero-order chi connectivity index (χ0) is 21.4. The van der Waals surface area contributed by atoms with Crippen LogP contribution in [-0.2, 0) is 0 Å². The van der Waals surface area contributed by atoms with E-state index in [4.69, 9.17) is 27.2 Å². The number of ether oxygens (including phenoxy) is 1. The van der Waals surface area contributed by atoms with Gasteiger partial charge in [0.2, 0.25) is 5.88 Å². The molecule has 1 aliphatic heterocycles. The van der Waals surface area contributed by atoms with E-state index in [-0.39, 0.29) is 6.04 Å². The molecule has 1 saturated heterocycles. The second kappa shape index (κ2) is 7.74. The summed E-state index contributed by atoms with van der Waals surface area (Å²) < 4.78 is 7.63. The van der Waals surface area contributed by atoms with Crippen molar-refractivity contribution in [3.8, 4) is 29.1 Å². The number of hydrogen-bond donors (Lipinski definition) is 1. The number of nitrogens with zero attached hydrogens (tertiary/aromatic N) is 7. The van der Waals surface area contributed by atoms with Crippen LogP contribution in [0.4, 0.5) is 5.82 Å². The van der Waals surface area contributed by atoms with Gasteiger partial charge in [-0.3, -0.25) is 0 Å². The lowest BCUT2D eigenvalue weighted by Crippen LogP contribution is -2.17. The molecule has 5 rings (SSSR count). The third-order valence-corrected chi connectivity index (χ3v) is 5.44. The fourth-order valence-corrected chi connectivity index (χ4v) is 3.82. The smallest absolute Gasteiger partial charge is 0.219 e. The van der Waals surface area contributed by atoms with Gasteiger partial charge in [0.15, 0.2) is 11.8 Å². The summed E-state index contributed by atoms with van der Waals surface area (Å²) in [4.78, 5) is 14.4. The third-order valence-electron chi connectivity index (χ3n) is 5.22. The van der Waals surface area contributed by atoms with E-state index >= 15 is 0 Å². The number of likely N-dealkylation sites (tertiary alicyclic amines) is 1. The molecule has 0 bridgehead atoms. The summed E-state index contributed by atoms with van der Waals surface area (Å²) in [5.41, 5.74) is 8.41. The maximum Gasteiger partial charge on any atom is 0.219 e. The Morgan fingerprint density at radius 3 is 2.68 bits per heavy atom. The Morgan fingerprint density at radius 2 is 1.97 bits per heavy atom. The number of nitrogen functional groups attached to an aromatic ring is 1. The van der Waals surface area contributed by atoms with Gasteiger partial charge in [-0.1, -0.05) is 11.6 Å². The highest BCUT2D eigenvalue weighted by Gasteiger charge is 2.28. The predicted octanol–water partition coefficient (Wildman–Crippen LogP) is 3.64. The number of fused-ring (bicyclic) bond motifs is 1. The fourth-order valence-electron chi connectivity index (χ4n) is 3.71. The van der Waals surface area contributed by atoms with Crippen molar-refractivity contribution in [1.82, 2.24) is 29.6 Å². The minimum Gasteiger partial charge on any atom is -0.439 e. The molecule has 0 amide bonds. The third kappa shape index (κ3) is 3.58.